The van der Waals surface area contributed by atoms with Gasteiger partial charge < -0.3 is 10.5 Å². The van der Waals surface area contributed by atoms with Gasteiger partial charge in [-0.3, -0.25) is 0 Å². The van der Waals surface area contributed by atoms with Crippen molar-refractivity contribution < 1.29 is 4.74 Å². The average molecular weight is 171 g/mol. The molecule has 0 aliphatic heterocycles. The maximum absolute atomic E-state index is 5.86. The van der Waals surface area contributed by atoms with E-state index in [0.717, 1.165) is 12.8 Å². The largest absolute Gasteiger partial charge is 0.375 e. The first-order chi connectivity index (χ1) is 5.72. The van der Waals surface area contributed by atoms with Crippen LogP contribution in [0.2, 0.25) is 0 Å². The fraction of sp³-hybridized carbons (Fsp3) is 1.00. The number of ether oxygens (including phenoxy) is 1. The number of hydrogen-bond donors (Lipinski definition) is 1. The summed E-state index contributed by atoms with van der Waals surface area (Å²) in [6.07, 6.45) is 6.63. The summed E-state index contributed by atoms with van der Waals surface area (Å²) in [4.78, 5) is 0. The van der Waals surface area contributed by atoms with Crippen LogP contribution >= 0.6 is 0 Å². The molecule has 1 aliphatic rings. The Labute approximate surface area is 75.5 Å². The average Bonchev–Trinajstić information content (AvgIpc) is 2.04. The highest BCUT2D eigenvalue weighted by molar-refractivity contribution is 4.75. The number of hydrogen-bond acceptors (Lipinski definition) is 2. The van der Waals surface area contributed by atoms with E-state index in [1.54, 1.807) is 0 Å². The lowest BCUT2D eigenvalue weighted by molar-refractivity contribution is -0.0255. The third-order valence-corrected chi connectivity index (χ3v) is 2.67. The zero-order valence-corrected chi connectivity index (χ0v) is 8.25. The molecule has 0 aromatic carbocycles. The minimum Gasteiger partial charge on any atom is -0.375 e. The van der Waals surface area contributed by atoms with Crippen molar-refractivity contribution in [2.45, 2.75) is 64.2 Å². The Kier molecular flexibility index (Phi) is 4.02. The molecule has 72 valence electrons. The number of nitrogens with two attached hydrogens (primary N) is 1. The highest BCUT2D eigenvalue weighted by Crippen LogP contribution is 2.21. The first-order valence-electron chi connectivity index (χ1n) is 5.13. The second kappa shape index (κ2) is 4.83. The van der Waals surface area contributed by atoms with Crippen LogP contribution in [0.1, 0.15) is 46.0 Å². The van der Waals surface area contributed by atoms with Crippen LogP contribution in [-0.4, -0.2) is 18.2 Å². The standard InChI is InChI=1S/C10H21NO/c1-3-8(2)12-10-6-4-5-9(11)7-10/h8-10H,3-7,11H2,1-2H3. The first kappa shape index (κ1) is 10.0. The van der Waals surface area contributed by atoms with Crippen LogP contribution in [0.5, 0.6) is 0 Å². The third-order valence-electron chi connectivity index (χ3n) is 2.67. The lowest BCUT2D eigenvalue weighted by atomic mass is 9.93. The molecule has 0 heterocycles. The molecule has 1 saturated carbocycles. The van der Waals surface area contributed by atoms with Crippen LogP contribution in [0.3, 0.4) is 0 Å². The maximum atomic E-state index is 5.86. The third kappa shape index (κ3) is 3.11. The van der Waals surface area contributed by atoms with Crippen LogP contribution < -0.4 is 5.73 Å². The lowest BCUT2D eigenvalue weighted by Gasteiger charge is -2.28. The summed E-state index contributed by atoms with van der Waals surface area (Å²) in [6, 6.07) is 0.382. The molecule has 2 heteroatoms. The lowest BCUT2D eigenvalue weighted by Crippen LogP contribution is -2.33. The summed E-state index contributed by atoms with van der Waals surface area (Å²) < 4.78 is 5.83. The molecule has 0 saturated heterocycles. The van der Waals surface area contributed by atoms with E-state index in [1.165, 1.54) is 19.3 Å². The molecule has 0 spiro atoms. The molecular weight excluding hydrogens is 150 g/mol. The van der Waals surface area contributed by atoms with Gasteiger partial charge in [-0.05, 0) is 39.0 Å². The van der Waals surface area contributed by atoms with E-state index >= 15 is 0 Å². The molecule has 1 aliphatic carbocycles. The van der Waals surface area contributed by atoms with E-state index in [9.17, 15) is 0 Å². The fourth-order valence-corrected chi connectivity index (χ4v) is 1.73. The maximum Gasteiger partial charge on any atom is 0.0593 e. The van der Waals surface area contributed by atoms with E-state index in [1.807, 2.05) is 0 Å². The highest BCUT2D eigenvalue weighted by Gasteiger charge is 2.20. The molecule has 0 amide bonds. The Morgan fingerprint density at radius 3 is 2.83 bits per heavy atom. The molecule has 12 heavy (non-hydrogen) atoms. The summed E-state index contributed by atoms with van der Waals surface area (Å²) in [5, 5.41) is 0. The first-order valence-corrected chi connectivity index (χ1v) is 5.13. The van der Waals surface area contributed by atoms with Gasteiger partial charge in [0.05, 0.1) is 12.2 Å². The molecule has 0 aromatic rings. The van der Waals surface area contributed by atoms with Crippen LogP contribution in [0.4, 0.5) is 0 Å². The molecular formula is C10H21NO. The van der Waals surface area contributed by atoms with Crippen molar-refractivity contribution in [1.82, 2.24) is 0 Å². The van der Waals surface area contributed by atoms with E-state index < -0.39 is 0 Å². The normalized spacial score (nSPS) is 33.2. The molecule has 0 bridgehead atoms. The van der Waals surface area contributed by atoms with Gasteiger partial charge in [0.25, 0.3) is 0 Å². The monoisotopic (exact) mass is 171 g/mol. The van der Waals surface area contributed by atoms with Crippen LogP contribution in [-0.2, 0) is 4.74 Å². The van der Waals surface area contributed by atoms with Crippen LogP contribution in [0.15, 0.2) is 0 Å². The van der Waals surface area contributed by atoms with E-state index in [0.29, 0.717) is 18.2 Å². The van der Waals surface area contributed by atoms with Gasteiger partial charge in [0, 0.05) is 6.04 Å². The summed E-state index contributed by atoms with van der Waals surface area (Å²) >= 11 is 0. The second-order valence-electron chi connectivity index (χ2n) is 3.90. The molecule has 1 rings (SSSR count). The Bertz CT molecular complexity index is 127. The SMILES string of the molecule is CCC(C)OC1CCCC(N)C1. The summed E-state index contributed by atoms with van der Waals surface area (Å²) in [6.45, 7) is 4.30. The molecule has 0 aromatic heterocycles. The Hall–Kier alpha value is -0.0800. The molecule has 3 unspecified atom stereocenters. The second-order valence-corrected chi connectivity index (χ2v) is 3.90. The quantitative estimate of drug-likeness (QED) is 0.705. The van der Waals surface area contributed by atoms with Crippen LogP contribution in [0.25, 0.3) is 0 Å². The van der Waals surface area contributed by atoms with E-state index in [-0.39, 0.29) is 0 Å². The van der Waals surface area contributed by atoms with Crippen LogP contribution in [0, 0.1) is 0 Å². The Morgan fingerprint density at radius 2 is 2.25 bits per heavy atom. The van der Waals surface area contributed by atoms with Crippen molar-refractivity contribution in [2.24, 2.45) is 5.73 Å². The fourth-order valence-electron chi connectivity index (χ4n) is 1.73. The van der Waals surface area contributed by atoms with Gasteiger partial charge in [0.15, 0.2) is 0 Å². The zero-order valence-electron chi connectivity index (χ0n) is 8.25. The van der Waals surface area contributed by atoms with Gasteiger partial charge in [0.2, 0.25) is 0 Å². The van der Waals surface area contributed by atoms with Crippen molar-refractivity contribution in [3.63, 3.8) is 0 Å². The minimum absolute atomic E-state index is 0.382. The van der Waals surface area contributed by atoms with Crippen molar-refractivity contribution >= 4 is 0 Å². The van der Waals surface area contributed by atoms with Gasteiger partial charge in [-0.15, -0.1) is 0 Å². The smallest absolute Gasteiger partial charge is 0.0593 e. The summed E-state index contributed by atoms with van der Waals surface area (Å²) in [5.74, 6) is 0. The molecule has 1 fully saturated rings. The van der Waals surface area contributed by atoms with Gasteiger partial charge in [-0.25, -0.2) is 0 Å². The molecule has 2 nitrogen and oxygen atoms in total. The Morgan fingerprint density at radius 1 is 1.50 bits per heavy atom. The predicted molar refractivity (Wildman–Crippen MR) is 51.1 cm³/mol. The van der Waals surface area contributed by atoms with E-state index in [2.05, 4.69) is 13.8 Å². The highest BCUT2D eigenvalue weighted by atomic mass is 16.5. The predicted octanol–water partition coefficient (Wildman–Crippen LogP) is 2.07. The van der Waals surface area contributed by atoms with Crippen molar-refractivity contribution in [2.75, 3.05) is 0 Å². The Balaban J connectivity index is 2.22. The molecule has 0 radical (unpaired) electrons. The topological polar surface area (TPSA) is 35.2 Å². The zero-order chi connectivity index (χ0) is 8.97. The van der Waals surface area contributed by atoms with E-state index in [4.69, 9.17) is 10.5 Å². The van der Waals surface area contributed by atoms with Gasteiger partial charge in [0.1, 0.15) is 0 Å². The minimum atomic E-state index is 0.382. The number of rotatable bonds is 3. The van der Waals surface area contributed by atoms with Crippen molar-refractivity contribution in [3.8, 4) is 0 Å². The van der Waals surface area contributed by atoms with Crippen molar-refractivity contribution in [3.05, 3.63) is 0 Å². The molecule has 3 atom stereocenters. The summed E-state index contributed by atoms with van der Waals surface area (Å²) in [7, 11) is 0. The summed E-state index contributed by atoms with van der Waals surface area (Å²) in [5.41, 5.74) is 5.86. The van der Waals surface area contributed by atoms with Gasteiger partial charge in [-0.2, -0.15) is 0 Å². The van der Waals surface area contributed by atoms with Crippen molar-refractivity contribution in [1.29, 1.82) is 0 Å². The molecule has 2 N–H and O–H groups in total. The van der Waals surface area contributed by atoms with Gasteiger partial charge >= 0.3 is 0 Å². The van der Waals surface area contributed by atoms with Gasteiger partial charge in [-0.1, -0.05) is 6.92 Å².